The monoisotopic (exact) mass is 659 g/mol. The molecule has 0 spiro atoms. The van der Waals surface area contributed by atoms with E-state index in [0.29, 0.717) is 22.7 Å². The van der Waals surface area contributed by atoms with Gasteiger partial charge in [0.15, 0.2) is 0 Å². The molecule has 0 aromatic heterocycles. The number of amides is 2. The number of rotatable bonds is 13. The number of carbonyl (C=O) groups excluding carboxylic acids is 2. The van der Waals surface area contributed by atoms with Crippen molar-refractivity contribution in [2.45, 2.75) is 71.0 Å². The van der Waals surface area contributed by atoms with E-state index in [1.54, 1.807) is 37.3 Å². The van der Waals surface area contributed by atoms with Crippen LogP contribution in [0.2, 0.25) is 5.02 Å². The van der Waals surface area contributed by atoms with E-state index in [2.05, 4.69) is 5.32 Å². The summed E-state index contributed by atoms with van der Waals surface area (Å²) in [7, 11) is -4.20. The Balaban J connectivity index is 1.84. The molecule has 1 N–H and O–H groups in total. The van der Waals surface area contributed by atoms with E-state index >= 15 is 0 Å². The van der Waals surface area contributed by atoms with Crippen LogP contribution >= 0.6 is 11.6 Å². The molecule has 0 bridgehead atoms. The smallest absolute Gasteiger partial charge is 0.264 e. The van der Waals surface area contributed by atoms with Gasteiger partial charge in [-0.3, -0.25) is 13.9 Å². The predicted octanol–water partition coefficient (Wildman–Crippen LogP) is 7.02. The van der Waals surface area contributed by atoms with Gasteiger partial charge in [-0.2, -0.15) is 0 Å². The number of aryl methyl sites for hydroxylation is 3. The van der Waals surface area contributed by atoms with Crippen molar-refractivity contribution in [1.82, 2.24) is 10.2 Å². The van der Waals surface area contributed by atoms with Crippen LogP contribution in [0.1, 0.15) is 48.1 Å². The largest absolute Gasteiger partial charge is 0.352 e. The van der Waals surface area contributed by atoms with Crippen molar-refractivity contribution < 1.29 is 18.0 Å². The van der Waals surface area contributed by atoms with Crippen LogP contribution in [0.25, 0.3) is 0 Å². The SMILES string of the molecule is CCC(C)NC(=O)C(Cc1ccccc1)N(Cc1ccccc1C)C(=O)CN(c1ccc(Cl)cc1C)S(=O)(=O)c1ccc(C)cc1. The van der Waals surface area contributed by atoms with Crippen LogP contribution < -0.4 is 9.62 Å². The molecule has 7 nitrogen and oxygen atoms in total. The van der Waals surface area contributed by atoms with Crippen LogP contribution in [0.15, 0.2) is 102 Å². The molecule has 0 heterocycles. The first-order chi connectivity index (χ1) is 21.9. The molecule has 46 heavy (non-hydrogen) atoms. The first-order valence-electron chi connectivity index (χ1n) is 15.4. The summed E-state index contributed by atoms with van der Waals surface area (Å²) in [5.41, 5.74) is 4.53. The number of carbonyl (C=O) groups is 2. The third-order valence-corrected chi connectivity index (χ3v) is 10.2. The van der Waals surface area contributed by atoms with E-state index < -0.39 is 28.5 Å². The molecule has 2 atom stereocenters. The highest BCUT2D eigenvalue weighted by Gasteiger charge is 2.35. The lowest BCUT2D eigenvalue weighted by molar-refractivity contribution is -0.140. The van der Waals surface area contributed by atoms with Crippen molar-refractivity contribution in [3.63, 3.8) is 0 Å². The molecule has 2 unspecified atom stereocenters. The number of sulfonamides is 1. The second kappa shape index (κ2) is 15.4. The van der Waals surface area contributed by atoms with Crippen molar-refractivity contribution in [2.75, 3.05) is 10.8 Å². The zero-order chi connectivity index (χ0) is 33.4. The molecule has 4 aromatic carbocycles. The lowest BCUT2D eigenvalue weighted by atomic mass is 10.0. The minimum absolute atomic E-state index is 0.0565. The molecular weight excluding hydrogens is 618 g/mol. The molecule has 0 radical (unpaired) electrons. The number of anilines is 1. The van der Waals surface area contributed by atoms with Gasteiger partial charge < -0.3 is 10.2 Å². The van der Waals surface area contributed by atoms with E-state index in [-0.39, 0.29) is 29.8 Å². The van der Waals surface area contributed by atoms with Crippen LogP contribution in [0.5, 0.6) is 0 Å². The second-order valence-corrected chi connectivity index (χ2v) is 14.0. The van der Waals surface area contributed by atoms with E-state index in [4.69, 9.17) is 11.6 Å². The van der Waals surface area contributed by atoms with Gasteiger partial charge in [0.25, 0.3) is 10.0 Å². The zero-order valence-electron chi connectivity index (χ0n) is 27.0. The summed E-state index contributed by atoms with van der Waals surface area (Å²) in [4.78, 5) is 30.2. The molecule has 0 saturated heterocycles. The van der Waals surface area contributed by atoms with Gasteiger partial charge in [0.2, 0.25) is 11.8 Å². The number of hydrogen-bond acceptors (Lipinski definition) is 4. The molecule has 0 fully saturated rings. The zero-order valence-corrected chi connectivity index (χ0v) is 28.6. The number of hydrogen-bond donors (Lipinski definition) is 1. The molecule has 2 amide bonds. The number of nitrogens with one attached hydrogen (secondary N) is 1. The Morgan fingerprint density at radius 3 is 2.13 bits per heavy atom. The Morgan fingerprint density at radius 1 is 0.848 bits per heavy atom. The third kappa shape index (κ3) is 8.56. The predicted molar refractivity (Wildman–Crippen MR) is 185 cm³/mol. The Hall–Kier alpha value is -4.14. The fourth-order valence-electron chi connectivity index (χ4n) is 5.22. The Morgan fingerprint density at radius 2 is 1.50 bits per heavy atom. The van der Waals surface area contributed by atoms with Gasteiger partial charge in [-0.05, 0) is 86.7 Å². The summed E-state index contributed by atoms with van der Waals surface area (Å²) < 4.78 is 29.7. The van der Waals surface area contributed by atoms with Crippen molar-refractivity contribution in [2.24, 2.45) is 0 Å². The van der Waals surface area contributed by atoms with Crippen LogP contribution in [-0.2, 0) is 32.6 Å². The van der Waals surface area contributed by atoms with Gasteiger partial charge in [0.05, 0.1) is 10.6 Å². The van der Waals surface area contributed by atoms with Crippen LogP contribution in [-0.4, -0.2) is 43.8 Å². The molecule has 0 aliphatic carbocycles. The first kappa shape index (κ1) is 34.7. The summed E-state index contributed by atoms with van der Waals surface area (Å²) in [6.45, 7) is 9.09. The topological polar surface area (TPSA) is 86.8 Å². The molecule has 9 heteroatoms. The van der Waals surface area contributed by atoms with Crippen molar-refractivity contribution in [3.8, 4) is 0 Å². The van der Waals surface area contributed by atoms with Crippen molar-refractivity contribution >= 4 is 39.1 Å². The van der Waals surface area contributed by atoms with Gasteiger partial charge in [0.1, 0.15) is 12.6 Å². The average Bonchev–Trinajstić information content (AvgIpc) is 3.03. The summed E-state index contributed by atoms with van der Waals surface area (Å²) >= 11 is 6.25. The first-order valence-corrected chi connectivity index (χ1v) is 17.3. The average molecular weight is 660 g/mol. The minimum Gasteiger partial charge on any atom is -0.352 e. The number of nitrogens with zero attached hydrogens (tertiary/aromatic N) is 2. The van der Waals surface area contributed by atoms with Crippen LogP contribution in [0.4, 0.5) is 5.69 Å². The van der Waals surface area contributed by atoms with Crippen molar-refractivity contribution in [3.05, 3.63) is 130 Å². The summed E-state index contributed by atoms with van der Waals surface area (Å²) in [5, 5.41) is 3.52. The molecule has 0 saturated carbocycles. The van der Waals surface area contributed by atoms with E-state index in [0.717, 1.165) is 26.6 Å². The van der Waals surface area contributed by atoms with Crippen LogP contribution in [0.3, 0.4) is 0 Å². The molecular formula is C37H42ClN3O4S. The number of benzene rings is 4. The summed E-state index contributed by atoms with van der Waals surface area (Å²) in [6.07, 6.45) is 0.972. The fourth-order valence-corrected chi connectivity index (χ4v) is 6.92. The lowest BCUT2D eigenvalue weighted by Gasteiger charge is -2.35. The van der Waals surface area contributed by atoms with Gasteiger partial charge >= 0.3 is 0 Å². The van der Waals surface area contributed by atoms with Crippen molar-refractivity contribution in [1.29, 1.82) is 0 Å². The molecule has 4 aromatic rings. The highest BCUT2D eigenvalue weighted by molar-refractivity contribution is 7.92. The minimum atomic E-state index is -4.20. The van der Waals surface area contributed by atoms with E-state index in [1.807, 2.05) is 82.3 Å². The van der Waals surface area contributed by atoms with Crippen LogP contribution in [0, 0.1) is 20.8 Å². The van der Waals surface area contributed by atoms with E-state index in [1.165, 1.54) is 17.0 Å². The fraction of sp³-hybridized carbons (Fsp3) is 0.297. The highest BCUT2D eigenvalue weighted by atomic mass is 35.5. The Bertz CT molecular complexity index is 1760. The molecule has 0 aliphatic heterocycles. The summed E-state index contributed by atoms with van der Waals surface area (Å²) in [6, 6.07) is 27.6. The third-order valence-electron chi connectivity index (χ3n) is 8.19. The molecule has 0 aliphatic rings. The van der Waals surface area contributed by atoms with Gasteiger partial charge in [-0.1, -0.05) is 90.8 Å². The Labute approximate surface area is 278 Å². The lowest BCUT2D eigenvalue weighted by Crippen LogP contribution is -2.54. The van der Waals surface area contributed by atoms with Gasteiger partial charge in [-0.25, -0.2) is 8.42 Å². The standard InChI is InChI=1S/C37H42ClN3O4S/c1-6-29(5)39-37(43)35(23-30-13-8-7-9-14-30)40(24-31-15-11-10-12-27(31)3)36(42)25-41(34-21-18-32(38)22-28(34)4)46(44,45)33-19-16-26(2)17-20-33/h7-22,29,35H,6,23-25H2,1-5H3,(H,39,43). The number of halogens is 1. The maximum Gasteiger partial charge on any atom is 0.264 e. The normalized spacial score (nSPS) is 12.7. The summed E-state index contributed by atoms with van der Waals surface area (Å²) in [5.74, 6) is -0.802. The Kier molecular flexibility index (Phi) is 11.7. The van der Waals surface area contributed by atoms with Gasteiger partial charge in [-0.15, -0.1) is 0 Å². The van der Waals surface area contributed by atoms with E-state index in [9.17, 15) is 18.0 Å². The molecule has 242 valence electrons. The highest BCUT2D eigenvalue weighted by Crippen LogP contribution is 2.30. The van der Waals surface area contributed by atoms with Gasteiger partial charge in [0, 0.05) is 24.0 Å². The second-order valence-electron chi connectivity index (χ2n) is 11.7. The molecule has 4 rings (SSSR count). The quantitative estimate of drug-likeness (QED) is 0.167. The maximum atomic E-state index is 14.7. The maximum absolute atomic E-state index is 14.7.